The Labute approximate surface area is 175 Å². The third-order valence-electron chi connectivity index (χ3n) is 5.68. The molecule has 1 amide bonds. The average Bonchev–Trinajstić information content (AvgIpc) is 2.80. The van der Waals surface area contributed by atoms with Crippen molar-refractivity contribution in [3.63, 3.8) is 0 Å². The van der Waals surface area contributed by atoms with Crippen LogP contribution < -0.4 is 5.32 Å². The second kappa shape index (κ2) is 8.78. The minimum absolute atomic E-state index is 0.285. The van der Waals surface area contributed by atoms with E-state index in [2.05, 4.69) is 5.32 Å². The van der Waals surface area contributed by atoms with Crippen molar-refractivity contribution in [3.05, 3.63) is 114 Å². The molecule has 30 heavy (non-hydrogen) atoms. The van der Waals surface area contributed by atoms with Gasteiger partial charge in [0, 0.05) is 17.5 Å². The van der Waals surface area contributed by atoms with E-state index in [1.54, 1.807) is 12.1 Å². The molecule has 4 heteroatoms. The summed E-state index contributed by atoms with van der Waals surface area (Å²) in [5, 5.41) is 13.1. The largest absolute Gasteiger partial charge is 0.481 e. The molecule has 3 aromatic carbocycles. The first kappa shape index (κ1) is 19.6. The summed E-state index contributed by atoms with van der Waals surface area (Å²) in [5.74, 6) is -3.59. The molecule has 150 valence electrons. The first-order chi connectivity index (χ1) is 14.6. The maximum atomic E-state index is 13.4. The van der Waals surface area contributed by atoms with Crippen molar-refractivity contribution >= 4 is 17.6 Å². The van der Waals surface area contributed by atoms with Crippen LogP contribution in [0.5, 0.6) is 0 Å². The fourth-order valence-corrected chi connectivity index (χ4v) is 4.29. The van der Waals surface area contributed by atoms with Gasteiger partial charge in [-0.25, -0.2) is 0 Å². The molecule has 0 unspecified atom stereocenters. The first-order valence-electron chi connectivity index (χ1n) is 10.0. The number of anilines is 1. The first-order valence-corrected chi connectivity index (χ1v) is 10.0. The fraction of sp³-hybridized carbons (Fsp3) is 0.154. The molecule has 4 nitrogen and oxygen atoms in total. The number of carbonyl (C=O) groups excluding carboxylic acids is 1. The third-order valence-corrected chi connectivity index (χ3v) is 5.68. The zero-order valence-electron chi connectivity index (χ0n) is 16.4. The molecular weight excluding hydrogens is 374 g/mol. The Morgan fingerprint density at radius 3 is 1.53 bits per heavy atom. The molecule has 0 saturated carbocycles. The minimum Gasteiger partial charge on any atom is -0.481 e. The second-order valence-corrected chi connectivity index (χ2v) is 7.50. The number of benzene rings is 3. The molecule has 0 aromatic heterocycles. The van der Waals surface area contributed by atoms with E-state index in [9.17, 15) is 14.7 Å². The monoisotopic (exact) mass is 397 g/mol. The molecule has 0 bridgehead atoms. The average molecular weight is 397 g/mol. The molecule has 0 saturated heterocycles. The molecule has 2 N–H and O–H groups in total. The van der Waals surface area contributed by atoms with Crippen LogP contribution in [-0.2, 0) is 9.59 Å². The van der Waals surface area contributed by atoms with Crippen molar-refractivity contribution in [2.45, 2.75) is 11.8 Å². The number of amides is 1. The van der Waals surface area contributed by atoms with Crippen molar-refractivity contribution in [3.8, 4) is 0 Å². The second-order valence-electron chi connectivity index (χ2n) is 7.50. The Kier molecular flexibility index (Phi) is 5.75. The summed E-state index contributed by atoms with van der Waals surface area (Å²) in [6, 6.07) is 28.3. The van der Waals surface area contributed by atoms with Crippen molar-refractivity contribution < 1.29 is 14.7 Å². The van der Waals surface area contributed by atoms with Crippen LogP contribution in [0.3, 0.4) is 0 Å². The number of carboxylic acids is 1. The molecule has 3 aromatic rings. The molecule has 1 aliphatic rings. The Morgan fingerprint density at radius 1 is 0.633 bits per heavy atom. The van der Waals surface area contributed by atoms with Crippen LogP contribution >= 0.6 is 0 Å². The van der Waals surface area contributed by atoms with Crippen LogP contribution in [0, 0.1) is 11.8 Å². The number of para-hydroxylation sites is 1. The van der Waals surface area contributed by atoms with Gasteiger partial charge in [-0.3, -0.25) is 9.59 Å². The topological polar surface area (TPSA) is 66.4 Å². The van der Waals surface area contributed by atoms with Crippen LogP contribution in [0.25, 0.3) is 0 Å². The number of carboxylic acid groups (broad SMARTS) is 1. The molecule has 0 spiro atoms. The van der Waals surface area contributed by atoms with Gasteiger partial charge in [0.15, 0.2) is 0 Å². The van der Waals surface area contributed by atoms with Crippen LogP contribution in [0.15, 0.2) is 103 Å². The summed E-state index contributed by atoms with van der Waals surface area (Å²) >= 11 is 0. The van der Waals surface area contributed by atoms with Gasteiger partial charge in [-0.2, -0.15) is 0 Å². The van der Waals surface area contributed by atoms with Crippen LogP contribution in [-0.4, -0.2) is 17.0 Å². The van der Waals surface area contributed by atoms with Gasteiger partial charge >= 0.3 is 5.97 Å². The van der Waals surface area contributed by atoms with Gasteiger partial charge < -0.3 is 10.4 Å². The van der Waals surface area contributed by atoms with Crippen LogP contribution in [0.2, 0.25) is 0 Å². The summed E-state index contributed by atoms with van der Waals surface area (Å²) in [4.78, 5) is 25.9. The smallest absolute Gasteiger partial charge is 0.308 e. The van der Waals surface area contributed by atoms with Gasteiger partial charge in [0.25, 0.3) is 0 Å². The van der Waals surface area contributed by atoms with Crippen molar-refractivity contribution in [1.29, 1.82) is 0 Å². The molecule has 0 aliphatic heterocycles. The number of hydrogen-bond acceptors (Lipinski definition) is 2. The third kappa shape index (κ3) is 4.03. The van der Waals surface area contributed by atoms with E-state index >= 15 is 0 Å². The minimum atomic E-state index is -0.970. The van der Waals surface area contributed by atoms with Gasteiger partial charge in [0.1, 0.15) is 0 Å². The van der Waals surface area contributed by atoms with E-state index in [0.717, 1.165) is 11.1 Å². The lowest BCUT2D eigenvalue weighted by Gasteiger charge is -2.37. The van der Waals surface area contributed by atoms with Crippen molar-refractivity contribution in [2.75, 3.05) is 5.32 Å². The number of carbonyl (C=O) groups is 2. The number of nitrogens with one attached hydrogen (secondary N) is 1. The Morgan fingerprint density at radius 2 is 1.07 bits per heavy atom. The van der Waals surface area contributed by atoms with Crippen molar-refractivity contribution in [1.82, 2.24) is 0 Å². The SMILES string of the molecule is O=C(Nc1ccccc1)[C@@H]1[C@H](C(=O)O)[C@H](c2ccccc2)C=C[C@H]1c1ccccc1. The molecule has 4 rings (SSSR count). The predicted octanol–water partition coefficient (Wildman–Crippen LogP) is 5.08. The van der Waals surface area contributed by atoms with Crippen LogP contribution in [0.1, 0.15) is 23.0 Å². The fourth-order valence-electron chi connectivity index (χ4n) is 4.29. The lowest BCUT2D eigenvalue weighted by Crippen LogP contribution is -2.42. The van der Waals surface area contributed by atoms with Gasteiger partial charge in [-0.1, -0.05) is 91.0 Å². The molecule has 4 atom stereocenters. The molecular formula is C26H23NO3. The maximum absolute atomic E-state index is 13.4. The van der Waals surface area contributed by atoms with Crippen LogP contribution in [0.4, 0.5) is 5.69 Å². The molecule has 0 heterocycles. The Balaban J connectivity index is 1.78. The van der Waals surface area contributed by atoms with E-state index in [-0.39, 0.29) is 17.7 Å². The lowest BCUT2D eigenvalue weighted by molar-refractivity contribution is -0.147. The van der Waals surface area contributed by atoms with Crippen molar-refractivity contribution in [2.24, 2.45) is 11.8 Å². The number of hydrogen-bond donors (Lipinski definition) is 2. The summed E-state index contributed by atoms with van der Waals surface area (Å²) in [5.41, 5.74) is 2.48. The van der Waals surface area contributed by atoms with Gasteiger partial charge in [-0.05, 0) is 23.3 Å². The van der Waals surface area contributed by atoms with E-state index in [0.29, 0.717) is 5.69 Å². The highest BCUT2D eigenvalue weighted by atomic mass is 16.4. The van der Waals surface area contributed by atoms with E-state index < -0.39 is 17.8 Å². The van der Waals surface area contributed by atoms with Gasteiger partial charge in [0.05, 0.1) is 11.8 Å². The standard InChI is InChI=1S/C26H23NO3/c28-25(27-20-14-8-3-9-15-20)23-21(18-10-4-1-5-11-18)16-17-22(24(23)26(29)30)19-12-6-2-7-13-19/h1-17,21-24H,(H,27,28)(H,29,30)/t21-,22-,23-,24+/m0/s1. The summed E-state index contributed by atoms with van der Waals surface area (Å²) in [6.45, 7) is 0. The zero-order valence-corrected chi connectivity index (χ0v) is 16.4. The normalized spacial score (nSPS) is 22.9. The summed E-state index contributed by atoms with van der Waals surface area (Å²) in [7, 11) is 0. The highest BCUT2D eigenvalue weighted by molar-refractivity contribution is 5.96. The number of aliphatic carboxylic acids is 1. The van der Waals surface area contributed by atoms with E-state index in [4.69, 9.17) is 0 Å². The summed E-state index contributed by atoms with van der Waals surface area (Å²) in [6.07, 6.45) is 3.93. The quantitative estimate of drug-likeness (QED) is 0.590. The van der Waals surface area contributed by atoms with Gasteiger partial charge in [0.2, 0.25) is 5.91 Å². The Bertz CT molecular complexity index is 1030. The van der Waals surface area contributed by atoms with E-state index in [1.807, 2.05) is 91.0 Å². The van der Waals surface area contributed by atoms with E-state index in [1.165, 1.54) is 0 Å². The van der Waals surface area contributed by atoms with Gasteiger partial charge in [-0.15, -0.1) is 0 Å². The lowest BCUT2D eigenvalue weighted by atomic mass is 9.66. The maximum Gasteiger partial charge on any atom is 0.308 e. The predicted molar refractivity (Wildman–Crippen MR) is 117 cm³/mol. The number of allylic oxidation sites excluding steroid dienone is 2. The molecule has 0 radical (unpaired) electrons. The summed E-state index contributed by atoms with van der Waals surface area (Å²) < 4.78 is 0. The molecule has 0 fully saturated rings. The zero-order chi connectivity index (χ0) is 20.9. The highest BCUT2D eigenvalue weighted by Gasteiger charge is 2.46. The Hall–Kier alpha value is -3.66. The number of rotatable bonds is 5. The molecule has 1 aliphatic carbocycles. The highest BCUT2D eigenvalue weighted by Crippen LogP contribution is 2.45.